The Morgan fingerprint density at radius 1 is 1.08 bits per heavy atom. The SMILES string of the molecule is C=O.C=O.C=O.CC(=O)CCC=O. The summed E-state index contributed by atoms with van der Waals surface area (Å²) in [5.41, 5.74) is 0. The molecule has 0 fully saturated rings. The van der Waals surface area contributed by atoms with Crippen molar-refractivity contribution in [1.82, 2.24) is 0 Å². The molecule has 0 amide bonds. The fourth-order valence-electron chi connectivity index (χ4n) is 0.262. The summed E-state index contributed by atoms with van der Waals surface area (Å²) in [5, 5.41) is 0. The molecule has 0 aromatic carbocycles. The molecular weight excluding hydrogens is 176 g/mol. The van der Waals surface area contributed by atoms with E-state index in [0.29, 0.717) is 12.8 Å². The molecule has 0 aromatic heterocycles. The van der Waals surface area contributed by atoms with Crippen LogP contribution in [-0.2, 0) is 24.0 Å². The van der Waals surface area contributed by atoms with Crippen molar-refractivity contribution in [3.05, 3.63) is 0 Å². The molecule has 0 radical (unpaired) electrons. The van der Waals surface area contributed by atoms with Gasteiger partial charge in [-0.2, -0.15) is 0 Å². The van der Waals surface area contributed by atoms with Gasteiger partial charge in [0.1, 0.15) is 32.4 Å². The molecule has 0 heterocycles. The molecule has 0 aromatic rings. The van der Waals surface area contributed by atoms with E-state index >= 15 is 0 Å². The zero-order chi connectivity index (χ0) is 11.7. The average molecular weight is 190 g/mol. The van der Waals surface area contributed by atoms with Crippen LogP contribution in [0, 0.1) is 0 Å². The first-order valence-electron chi connectivity index (χ1n) is 3.07. The summed E-state index contributed by atoms with van der Waals surface area (Å²) in [4.78, 5) is 43.6. The second-order valence-electron chi connectivity index (χ2n) is 1.41. The van der Waals surface area contributed by atoms with Crippen LogP contribution in [0.5, 0.6) is 0 Å². The molecule has 0 bridgehead atoms. The van der Waals surface area contributed by atoms with Crippen LogP contribution in [0.4, 0.5) is 0 Å². The second kappa shape index (κ2) is 47.8. The lowest BCUT2D eigenvalue weighted by molar-refractivity contribution is -0.119. The summed E-state index contributed by atoms with van der Waals surface area (Å²) in [7, 11) is 0. The van der Waals surface area contributed by atoms with Gasteiger partial charge in [-0.25, -0.2) is 0 Å². The molecule has 5 nitrogen and oxygen atoms in total. The number of Topliss-reactive ketones (excluding diaryl/α,β-unsaturated/α-hetero) is 1. The lowest BCUT2D eigenvalue weighted by Crippen LogP contribution is -1.88. The van der Waals surface area contributed by atoms with Crippen molar-refractivity contribution in [1.29, 1.82) is 0 Å². The minimum atomic E-state index is 0.0760. The minimum absolute atomic E-state index is 0.0760. The molecule has 0 aliphatic carbocycles. The highest BCUT2D eigenvalue weighted by atomic mass is 16.1. The highest BCUT2D eigenvalue weighted by Crippen LogP contribution is 1.83. The van der Waals surface area contributed by atoms with Gasteiger partial charge in [-0.1, -0.05) is 0 Å². The van der Waals surface area contributed by atoms with Crippen molar-refractivity contribution >= 4 is 32.4 Å². The van der Waals surface area contributed by atoms with Gasteiger partial charge in [-0.15, -0.1) is 0 Å². The molecule has 0 atom stereocenters. The predicted octanol–water partition coefficient (Wildman–Crippen LogP) is -0.000200. The van der Waals surface area contributed by atoms with Gasteiger partial charge >= 0.3 is 0 Å². The summed E-state index contributed by atoms with van der Waals surface area (Å²) >= 11 is 0. The van der Waals surface area contributed by atoms with E-state index in [0.717, 1.165) is 6.29 Å². The van der Waals surface area contributed by atoms with E-state index in [9.17, 15) is 9.59 Å². The maximum absolute atomic E-state index is 10.0. The number of carbonyl (C=O) groups is 5. The molecule has 0 saturated carbocycles. The fourth-order valence-corrected chi connectivity index (χ4v) is 0.262. The quantitative estimate of drug-likeness (QED) is 0.584. The maximum Gasteiger partial charge on any atom is 0.130 e. The first-order valence-corrected chi connectivity index (χ1v) is 3.07. The van der Waals surface area contributed by atoms with Crippen LogP contribution in [0.2, 0.25) is 0 Å². The Kier molecular flexibility index (Phi) is 82.8. The number of rotatable bonds is 3. The van der Waals surface area contributed by atoms with Gasteiger partial charge in [-0.3, -0.25) is 0 Å². The summed E-state index contributed by atoms with van der Waals surface area (Å²) in [6.45, 7) is 7.48. The minimum Gasteiger partial charge on any atom is -0.307 e. The molecule has 5 heteroatoms. The Balaban J connectivity index is -0.0000000573. The molecule has 0 rings (SSSR count). The fraction of sp³-hybridized carbons (Fsp3) is 0.375. The number of hydrogen-bond donors (Lipinski definition) is 0. The zero-order valence-corrected chi connectivity index (χ0v) is 7.65. The molecular formula is C8H14O5. The van der Waals surface area contributed by atoms with Gasteiger partial charge in [0.05, 0.1) is 0 Å². The number of hydrogen-bond acceptors (Lipinski definition) is 5. The lowest BCUT2D eigenvalue weighted by atomic mass is 10.3. The van der Waals surface area contributed by atoms with Gasteiger partial charge in [-0.05, 0) is 6.92 Å². The zero-order valence-electron chi connectivity index (χ0n) is 7.65. The molecule has 0 unspecified atom stereocenters. The van der Waals surface area contributed by atoms with Crippen LogP contribution in [0.1, 0.15) is 19.8 Å². The highest BCUT2D eigenvalue weighted by Gasteiger charge is 1.87. The molecule has 13 heavy (non-hydrogen) atoms. The van der Waals surface area contributed by atoms with E-state index in [1.165, 1.54) is 6.92 Å². The van der Waals surface area contributed by atoms with Crippen LogP contribution < -0.4 is 0 Å². The molecule has 0 N–H and O–H groups in total. The Labute approximate surface area is 77.1 Å². The summed E-state index contributed by atoms with van der Waals surface area (Å²) < 4.78 is 0. The molecule has 0 aliphatic heterocycles. The Morgan fingerprint density at radius 3 is 1.46 bits per heavy atom. The van der Waals surface area contributed by atoms with E-state index in [4.69, 9.17) is 14.4 Å². The number of carbonyl (C=O) groups excluding carboxylic acids is 5. The third-order valence-electron chi connectivity index (χ3n) is 0.614. The normalized spacial score (nSPS) is 5.31. The first kappa shape index (κ1) is 22.5. The van der Waals surface area contributed by atoms with E-state index in [-0.39, 0.29) is 5.78 Å². The molecule has 0 saturated heterocycles. The van der Waals surface area contributed by atoms with Crippen LogP contribution in [0.15, 0.2) is 0 Å². The summed E-state index contributed by atoms with van der Waals surface area (Å²) in [6.07, 6.45) is 1.51. The van der Waals surface area contributed by atoms with Crippen molar-refractivity contribution in [2.75, 3.05) is 0 Å². The Hall–Kier alpha value is -1.65. The van der Waals surface area contributed by atoms with Crippen molar-refractivity contribution in [3.63, 3.8) is 0 Å². The summed E-state index contributed by atoms with van der Waals surface area (Å²) in [6, 6.07) is 0. The largest absolute Gasteiger partial charge is 0.307 e. The van der Waals surface area contributed by atoms with Gasteiger partial charge in [0.2, 0.25) is 0 Å². The van der Waals surface area contributed by atoms with Gasteiger partial charge in [0.25, 0.3) is 0 Å². The van der Waals surface area contributed by atoms with Crippen LogP contribution in [0.25, 0.3) is 0 Å². The Bertz CT molecular complexity index is 108. The average Bonchev–Trinajstić information content (AvgIpc) is 2.24. The van der Waals surface area contributed by atoms with Crippen molar-refractivity contribution in [3.8, 4) is 0 Å². The molecule has 76 valence electrons. The predicted molar refractivity (Wildman–Crippen MR) is 47.3 cm³/mol. The Morgan fingerprint density at radius 2 is 1.38 bits per heavy atom. The highest BCUT2D eigenvalue weighted by molar-refractivity contribution is 5.77. The van der Waals surface area contributed by atoms with E-state index in [1.54, 1.807) is 0 Å². The van der Waals surface area contributed by atoms with E-state index < -0.39 is 0 Å². The number of ketones is 1. The second-order valence-corrected chi connectivity index (χ2v) is 1.41. The van der Waals surface area contributed by atoms with Gasteiger partial charge < -0.3 is 24.0 Å². The smallest absolute Gasteiger partial charge is 0.130 e. The van der Waals surface area contributed by atoms with Crippen LogP contribution in [0.3, 0.4) is 0 Å². The van der Waals surface area contributed by atoms with Gasteiger partial charge in [0, 0.05) is 12.8 Å². The third-order valence-corrected chi connectivity index (χ3v) is 0.614. The molecule has 0 aliphatic rings. The van der Waals surface area contributed by atoms with E-state index in [2.05, 4.69) is 0 Å². The van der Waals surface area contributed by atoms with Crippen molar-refractivity contribution in [2.45, 2.75) is 19.8 Å². The van der Waals surface area contributed by atoms with Crippen molar-refractivity contribution in [2.24, 2.45) is 0 Å². The third kappa shape index (κ3) is 131. The molecule has 0 spiro atoms. The first-order chi connectivity index (χ1) is 6.27. The van der Waals surface area contributed by atoms with Crippen LogP contribution in [-0.4, -0.2) is 32.4 Å². The monoisotopic (exact) mass is 190 g/mol. The standard InChI is InChI=1S/C5H8O2.3CH2O/c1-5(7)3-2-4-6;3*1-2/h4H,2-3H2,1H3;3*1H2. The van der Waals surface area contributed by atoms with Crippen LogP contribution >= 0.6 is 0 Å². The maximum atomic E-state index is 10.0. The van der Waals surface area contributed by atoms with E-state index in [1.807, 2.05) is 20.4 Å². The van der Waals surface area contributed by atoms with Gasteiger partial charge in [0.15, 0.2) is 0 Å². The number of aldehydes is 1. The van der Waals surface area contributed by atoms with Crippen molar-refractivity contribution < 1.29 is 24.0 Å². The lowest BCUT2D eigenvalue weighted by Gasteiger charge is -1.80. The topological polar surface area (TPSA) is 85.3 Å². The summed E-state index contributed by atoms with van der Waals surface area (Å²) in [5.74, 6) is 0.0760.